The molecule has 0 fully saturated rings. The molecule has 3 aromatic rings. The summed E-state index contributed by atoms with van der Waals surface area (Å²) >= 11 is 1.40. The van der Waals surface area contributed by atoms with E-state index in [0.717, 1.165) is 29.2 Å². The Labute approximate surface area is 165 Å². The van der Waals surface area contributed by atoms with E-state index in [9.17, 15) is 9.59 Å². The fourth-order valence-electron chi connectivity index (χ4n) is 2.66. The van der Waals surface area contributed by atoms with Gasteiger partial charge in [0.25, 0.3) is 5.91 Å². The number of nitrogens with one attached hydrogen (secondary N) is 1. The second-order valence-electron chi connectivity index (χ2n) is 6.25. The highest BCUT2D eigenvalue weighted by Crippen LogP contribution is 2.16. The third kappa shape index (κ3) is 4.77. The third-order valence-corrected chi connectivity index (χ3v) is 5.10. The van der Waals surface area contributed by atoms with Crippen molar-refractivity contribution in [1.82, 2.24) is 30.3 Å². The van der Waals surface area contributed by atoms with Crippen LogP contribution in [0, 0.1) is 13.8 Å². The first-order chi connectivity index (χ1) is 13.4. The van der Waals surface area contributed by atoms with E-state index in [1.807, 2.05) is 13.8 Å². The first-order valence-corrected chi connectivity index (χ1v) is 9.58. The molecular weight excluding hydrogens is 380 g/mol. The smallest absolute Gasteiger partial charge is 0.337 e. The highest BCUT2D eigenvalue weighted by molar-refractivity contribution is 7.13. The monoisotopic (exact) mass is 400 g/mol. The number of rotatable bonds is 8. The Morgan fingerprint density at radius 2 is 2.07 bits per heavy atom. The molecule has 0 aliphatic rings. The molecule has 3 aromatic heterocycles. The minimum absolute atomic E-state index is 0.0835. The number of thiazole rings is 1. The summed E-state index contributed by atoms with van der Waals surface area (Å²) in [7, 11) is 0. The van der Waals surface area contributed by atoms with E-state index >= 15 is 0 Å². The molecule has 0 saturated heterocycles. The molecule has 3 rings (SSSR count). The van der Waals surface area contributed by atoms with Gasteiger partial charge in [-0.1, -0.05) is 5.21 Å². The van der Waals surface area contributed by atoms with Crippen LogP contribution in [0.25, 0.3) is 5.69 Å². The lowest BCUT2D eigenvalue weighted by atomic mass is 10.2. The number of carbonyl (C=O) groups excluding carboxylic acids is 1. The molecule has 0 bridgehead atoms. The van der Waals surface area contributed by atoms with Crippen molar-refractivity contribution in [3.63, 3.8) is 0 Å². The number of hydrogen-bond donors (Lipinski definition) is 2. The SMILES string of the molecule is Cc1nc(C)c(C(=O)NCCCCc2cn(-c3cncc(C(=O)O)c3)nn2)s1. The second kappa shape index (κ2) is 8.70. The number of carboxylic acid groups (broad SMARTS) is 1. The van der Waals surface area contributed by atoms with Crippen molar-refractivity contribution in [2.45, 2.75) is 33.1 Å². The normalized spacial score (nSPS) is 10.8. The van der Waals surface area contributed by atoms with Crippen LogP contribution in [0.15, 0.2) is 24.7 Å². The maximum Gasteiger partial charge on any atom is 0.337 e. The van der Waals surface area contributed by atoms with Crippen LogP contribution in [0.1, 0.15) is 49.3 Å². The predicted octanol–water partition coefficient (Wildman–Crippen LogP) is 2.19. The molecule has 0 aliphatic heterocycles. The average molecular weight is 400 g/mol. The van der Waals surface area contributed by atoms with Gasteiger partial charge in [-0.15, -0.1) is 16.4 Å². The van der Waals surface area contributed by atoms with Crippen LogP contribution < -0.4 is 5.32 Å². The Kier molecular flexibility index (Phi) is 6.09. The van der Waals surface area contributed by atoms with Crippen molar-refractivity contribution in [3.8, 4) is 5.69 Å². The molecule has 9 nitrogen and oxygen atoms in total. The van der Waals surface area contributed by atoms with Gasteiger partial charge in [0.2, 0.25) is 0 Å². The first-order valence-electron chi connectivity index (χ1n) is 8.76. The molecule has 0 radical (unpaired) electrons. The minimum Gasteiger partial charge on any atom is -0.478 e. The molecule has 0 aromatic carbocycles. The molecule has 0 unspecified atom stereocenters. The average Bonchev–Trinajstić information content (AvgIpc) is 3.27. The lowest BCUT2D eigenvalue weighted by molar-refractivity contribution is 0.0696. The maximum atomic E-state index is 12.1. The molecule has 0 saturated carbocycles. The zero-order valence-corrected chi connectivity index (χ0v) is 16.4. The summed E-state index contributed by atoms with van der Waals surface area (Å²) in [5.41, 5.74) is 2.19. The molecule has 10 heteroatoms. The lowest BCUT2D eigenvalue weighted by Crippen LogP contribution is -2.24. The van der Waals surface area contributed by atoms with Gasteiger partial charge >= 0.3 is 5.97 Å². The van der Waals surface area contributed by atoms with Gasteiger partial charge in [0.15, 0.2) is 0 Å². The molecule has 2 N–H and O–H groups in total. The Balaban J connectivity index is 1.46. The number of aromatic carboxylic acids is 1. The van der Waals surface area contributed by atoms with Crippen LogP contribution in [0.4, 0.5) is 0 Å². The Morgan fingerprint density at radius 1 is 1.25 bits per heavy atom. The topological polar surface area (TPSA) is 123 Å². The molecule has 3 heterocycles. The number of pyridine rings is 1. The summed E-state index contributed by atoms with van der Waals surface area (Å²) in [5, 5.41) is 21.0. The number of nitrogens with zero attached hydrogens (tertiary/aromatic N) is 5. The van der Waals surface area contributed by atoms with E-state index in [4.69, 9.17) is 5.11 Å². The standard InChI is InChI=1S/C18H20N6O3S/c1-11-16(28-12(2)21-11)17(25)20-6-4-3-5-14-10-24(23-22-14)15-7-13(18(26)27)8-19-9-15/h7-10H,3-6H2,1-2H3,(H,20,25)(H,26,27). The number of carbonyl (C=O) groups is 2. The van der Waals surface area contributed by atoms with Crippen molar-refractivity contribution in [1.29, 1.82) is 0 Å². The number of carboxylic acids is 1. The van der Waals surface area contributed by atoms with E-state index in [-0.39, 0.29) is 11.5 Å². The zero-order chi connectivity index (χ0) is 20.1. The van der Waals surface area contributed by atoms with Gasteiger partial charge in [-0.25, -0.2) is 14.5 Å². The van der Waals surface area contributed by atoms with Crippen molar-refractivity contribution in [2.75, 3.05) is 6.54 Å². The molecule has 0 aliphatic carbocycles. The van der Waals surface area contributed by atoms with Gasteiger partial charge in [0.05, 0.1) is 40.0 Å². The third-order valence-electron chi connectivity index (χ3n) is 4.03. The molecule has 28 heavy (non-hydrogen) atoms. The molecular formula is C18H20N6O3S. The van der Waals surface area contributed by atoms with Crippen LogP contribution in [-0.4, -0.2) is 48.5 Å². The van der Waals surface area contributed by atoms with Gasteiger partial charge < -0.3 is 10.4 Å². The van der Waals surface area contributed by atoms with E-state index in [2.05, 4.69) is 25.6 Å². The highest BCUT2D eigenvalue weighted by atomic mass is 32.1. The van der Waals surface area contributed by atoms with Crippen molar-refractivity contribution in [2.24, 2.45) is 0 Å². The first kappa shape index (κ1) is 19.6. The van der Waals surface area contributed by atoms with Crippen molar-refractivity contribution < 1.29 is 14.7 Å². The number of aryl methyl sites for hydroxylation is 3. The van der Waals surface area contributed by atoms with Gasteiger partial charge in [-0.2, -0.15) is 0 Å². The number of hydrogen-bond acceptors (Lipinski definition) is 7. The van der Waals surface area contributed by atoms with Gasteiger partial charge in [-0.3, -0.25) is 9.78 Å². The summed E-state index contributed by atoms with van der Waals surface area (Å²) in [6.45, 7) is 4.30. The largest absolute Gasteiger partial charge is 0.478 e. The Bertz CT molecular complexity index is 997. The van der Waals surface area contributed by atoms with Gasteiger partial charge in [0.1, 0.15) is 4.88 Å². The van der Waals surface area contributed by atoms with Crippen LogP contribution in [0.2, 0.25) is 0 Å². The molecule has 0 spiro atoms. The number of amides is 1. The summed E-state index contributed by atoms with van der Waals surface area (Å²) in [6.07, 6.45) is 6.93. The zero-order valence-electron chi connectivity index (χ0n) is 15.5. The quantitative estimate of drug-likeness (QED) is 0.556. The summed E-state index contributed by atoms with van der Waals surface area (Å²) in [6, 6.07) is 1.49. The number of unbranched alkanes of at least 4 members (excludes halogenated alkanes) is 1. The van der Waals surface area contributed by atoms with E-state index < -0.39 is 5.97 Å². The van der Waals surface area contributed by atoms with Crippen LogP contribution in [0.5, 0.6) is 0 Å². The van der Waals surface area contributed by atoms with Crippen molar-refractivity contribution >= 4 is 23.2 Å². The van der Waals surface area contributed by atoms with Crippen LogP contribution in [-0.2, 0) is 6.42 Å². The van der Waals surface area contributed by atoms with Crippen molar-refractivity contribution in [3.05, 3.63) is 51.5 Å². The van der Waals surface area contributed by atoms with E-state index in [1.165, 1.54) is 34.5 Å². The van der Waals surface area contributed by atoms with E-state index in [1.54, 1.807) is 6.20 Å². The van der Waals surface area contributed by atoms with Crippen LogP contribution in [0.3, 0.4) is 0 Å². The summed E-state index contributed by atoms with van der Waals surface area (Å²) in [4.78, 5) is 32.0. The molecule has 1 amide bonds. The maximum absolute atomic E-state index is 12.1. The minimum atomic E-state index is -1.04. The lowest BCUT2D eigenvalue weighted by Gasteiger charge is -2.03. The van der Waals surface area contributed by atoms with Gasteiger partial charge in [0, 0.05) is 12.7 Å². The Morgan fingerprint density at radius 3 is 2.79 bits per heavy atom. The fourth-order valence-corrected chi connectivity index (χ4v) is 3.50. The second-order valence-corrected chi connectivity index (χ2v) is 7.46. The Hall–Kier alpha value is -3.14. The van der Waals surface area contributed by atoms with E-state index in [0.29, 0.717) is 23.5 Å². The van der Waals surface area contributed by atoms with Crippen LogP contribution >= 0.6 is 11.3 Å². The summed E-state index contributed by atoms with van der Waals surface area (Å²) < 4.78 is 1.51. The summed E-state index contributed by atoms with van der Waals surface area (Å²) in [5.74, 6) is -1.12. The highest BCUT2D eigenvalue weighted by Gasteiger charge is 2.13. The van der Waals surface area contributed by atoms with Gasteiger partial charge in [-0.05, 0) is 39.2 Å². The molecule has 0 atom stereocenters. The number of aromatic nitrogens is 5. The predicted molar refractivity (Wildman–Crippen MR) is 103 cm³/mol. The fraction of sp³-hybridized carbons (Fsp3) is 0.333. The molecule has 146 valence electrons.